The number of nitrogens with zero attached hydrogens (tertiary/aromatic N) is 8. The van der Waals surface area contributed by atoms with E-state index >= 15 is 0 Å². The highest BCUT2D eigenvalue weighted by atomic mass is 16.5. The van der Waals surface area contributed by atoms with Crippen LogP contribution in [0.2, 0.25) is 0 Å². The van der Waals surface area contributed by atoms with Crippen molar-refractivity contribution in [2.45, 2.75) is 32.1 Å². The summed E-state index contributed by atoms with van der Waals surface area (Å²) in [4.78, 5) is 24.9. The van der Waals surface area contributed by atoms with Gasteiger partial charge in [0.25, 0.3) is 0 Å². The van der Waals surface area contributed by atoms with Crippen LogP contribution in [0.3, 0.4) is 0 Å². The molecule has 0 amide bonds. The number of ether oxygens (including phenoxy) is 1. The number of hydrogen-bond donors (Lipinski definition) is 0. The first kappa shape index (κ1) is 20.1. The highest BCUT2D eigenvalue weighted by Gasteiger charge is 2.22. The molecule has 2 aromatic rings. The van der Waals surface area contributed by atoms with E-state index in [1.54, 1.807) is 19.4 Å². The molecule has 2 aromatic heterocycles. The maximum absolute atomic E-state index is 9.41. The summed E-state index contributed by atoms with van der Waals surface area (Å²) in [6.07, 6.45) is 7.50. The van der Waals surface area contributed by atoms with E-state index in [9.17, 15) is 5.26 Å². The van der Waals surface area contributed by atoms with Gasteiger partial charge in [0, 0.05) is 45.5 Å². The van der Waals surface area contributed by atoms with Crippen LogP contribution in [-0.4, -0.2) is 66.3 Å². The molecule has 4 rings (SSSR count). The summed E-state index contributed by atoms with van der Waals surface area (Å²) in [7, 11) is 1.60. The quantitative estimate of drug-likeness (QED) is 0.755. The molecule has 0 saturated carbocycles. The van der Waals surface area contributed by atoms with Crippen molar-refractivity contribution >= 4 is 17.7 Å². The summed E-state index contributed by atoms with van der Waals surface area (Å²) in [6, 6.07) is 6.22. The second-order valence-electron chi connectivity index (χ2n) is 7.64. The largest absolute Gasteiger partial charge is 0.467 e. The van der Waals surface area contributed by atoms with Gasteiger partial charge in [0.05, 0.1) is 12.7 Å². The minimum atomic E-state index is 0.358. The highest BCUT2D eigenvalue weighted by Crippen LogP contribution is 2.23. The lowest BCUT2D eigenvalue weighted by atomic mass is 10.2. The number of methoxy groups -OCH3 is 1. The van der Waals surface area contributed by atoms with Gasteiger partial charge < -0.3 is 19.4 Å². The molecule has 0 atom stereocenters. The molecule has 9 nitrogen and oxygen atoms in total. The summed E-state index contributed by atoms with van der Waals surface area (Å²) in [5.41, 5.74) is 0.608. The number of aromatic nitrogens is 4. The lowest BCUT2D eigenvalue weighted by Gasteiger charge is -2.25. The molecule has 2 fully saturated rings. The van der Waals surface area contributed by atoms with E-state index in [4.69, 9.17) is 9.72 Å². The Morgan fingerprint density at radius 1 is 0.833 bits per heavy atom. The zero-order chi connectivity index (χ0) is 20.8. The minimum absolute atomic E-state index is 0.358. The molecule has 0 N–H and O–H groups in total. The van der Waals surface area contributed by atoms with Gasteiger partial charge in [0.15, 0.2) is 0 Å². The Morgan fingerprint density at radius 2 is 1.47 bits per heavy atom. The van der Waals surface area contributed by atoms with Crippen molar-refractivity contribution in [1.29, 1.82) is 5.26 Å². The third-order valence-corrected chi connectivity index (χ3v) is 5.65. The standard InChI is InChI=1S/C21H28N8O/c1-30-21-25-19(28-10-4-2-3-5-11-28)24-20(26-21)29-13-7-12-27(14-15-29)18-17(16-22)8-6-9-23-18/h6,8-9H,2-5,7,10-15H2,1H3. The van der Waals surface area contributed by atoms with E-state index in [1.165, 1.54) is 12.8 Å². The van der Waals surface area contributed by atoms with Crippen LogP contribution in [0.1, 0.15) is 37.7 Å². The molecule has 9 heteroatoms. The first-order chi connectivity index (χ1) is 14.8. The lowest BCUT2D eigenvalue weighted by molar-refractivity contribution is 0.377. The van der Waals surface area contributed by atoms with Crippen LogP contribution in [0.15, 0.2) is 18.3 Å². The van der Waals surface area contributed by atoms with Gasteiger partial charge in [-0.2, -0.15) is 20.2 Å². The molecule has 158 valence electrons. The number of hydrogen-bond acceptors (Lipinski definition) is 9. The maximum Gasteiger partial charge on any atom is 0.322 e. The Hall–Kier alpha value is -3.15. The zero-order valence-electron chi connectivity index (χ0n) is 17.5. The maximum atomic E-state index is 9.41. The van der Waals surface area contributed by atoms with Crippen molar-refractivity contribution in [3.63, 3.8) is 0 Å². The van der Waals surface area contributed by atoms with E-state index in [0.717, 1.165) is 64.3 Å². The first-order valence-corrected chi connectivity index (χ1v) is 10.7. The second kappa shape index (κ2) is 9.57. The van der Waals surface area contributed by atoms with Gasteiger partial charge in [-0.15, -0.1) is 0 Å². The number of pyridine rings is 1. The van der Waals surface area contributed by atoms with Crippen LogP contribution < -0.4 is 19.4 Å². The van der Waals surface area contributed by atoms with Crippen molar-refractivity contribution in [1.82, 2.24) is 19.9 Å². The van der Waals surface area contributed by atoms with Gasteiger partial charge in [-0.25, -0.2) is 4.98 Å². The molecule has 30 heavy (non-hydrogen) atoms. The average molecular weight is 409 g/mol. The molecular weight excluding hydrogens is 380 g/mol. The summed E-state index contributed by atoms with van der Waals surface area (Å²) in [5, 5.41) is 9.41. The Bertz CT molecular complexity index is 891. The molecule has 0 spiro atoms. The fourth-order valence-electron chi connectivity index (χ4n) is 4.05. The van der Waals surface area contributed by atoms with Crippen molar-refractivity contribution < 1.29 is 4.74 Å². The van der Waals surface area contributed by atoms with Gasteiger partial charge in [-0.1, -0.05) is 12.8 Å². The normalized spacial score (nSPS) is 17.8. The van der Waals surface area contributed by atoms with Crippen LogP contribution in [0, 0.1) is 11.3 Å². The summed E-state index contributed by atoms with van der Waals surface area (Å²) >= 11 is 0. The smallest absolute Gasteiger partial charge is 0.322 e. The van der Waals surface area contributed by atoms with Crippen LogP contribution >= 0.6 is 0 Å². The van der Waals surface area contributed by atoms with Gasteiger partial charge >= 0.3 is 6.01 Å². The van der Waals surface area contributed by atoms with Crippen molar-refractivity contribution in [2.24, 2.45) is 0 Å². The minimum Gasteiger partial charge on any atom is -0.467 e. The summed E-state index contributed by atoms with van der Waals surface area (Å²) in [6.45, 7) is 5.10. The van der Waals surface area contributed by atoms with E-state index in [0.29, 0.717) is 23.5 Å². The molecule has 0 bridgehead atoms. The van der Waals surface area contributed by atoms with Crippen molar-refractivity contribution in [2.75, 3.05) is 61.1 Å². The van der Waals surface area contributed by atoms with Gasteiger partial charge in [0.1, 0.15) is 11.9 Å². The second-order valence-corrected chi connectivity index (χ2v) is 7.64. The van der Waals surface area contributed by atoms with Gasteiger partial charge in [0.2, 0.25) is 11.9 Å². The lowest BCUT2D eigenvalue weighted by Crippen LogP contribution is -2.33. The van der Waals surface area contributed by atoms with Crippen LogP contribution in [0.25, 0.3) is 0 Å². The topological polar surface area (TPSA) is 94.3 Å². The third-order valence-electron chi connectivity index (χ3n) is 5.65. The number of anilines is 3. The van der Waals surface area contributed by atoms with Crippen molar-refractivity contribution in [3.05, 3.63) is 23.9 Å². The van der Waals surface area contributed by atoms with E-state index in [-0.39, 0.29) is 0 Å². The summed E-state index contributed by atoms with van der Waals surface area (Å²) in [5.74, 6) is 2.11. The zero-order valence-corrected chi connectivity index (χ0v) is 17.5. The third kappa shape index (κ3) is 4.53. The Labute approximate surface area is 177 Å². The van der Waals surface area contributed by atoms with Gasteiger partial charge in [-0.05, 0) is 31.4 Å². The molecule has 4 heterocycles. The molecular formula is C21H28N8O. The van der Waals surface area contributed by atoms with Crippen LogP contribution in [0.4, 0.5) is 17.7 Å². The van der Waals surface area contributed by atoms with Crippen molar-refractivity contribution in [3.8, 4) is 12.1 Å². The molecule has 2 aliphatic rings. The highest BCUT2D eigenvalue weighted by molar-refractivity contribution is 5.54. The van der Waals surface area contributed by atoms with E-state index < -0.39 is 0 Å². The Kier molecular flexibility index (Phi) is 6.42. The monoisotopic (exact) mass is 408 g/mol. The molecule has 0 unspecified atom stereocenters. The van der Waals surface area contributed by atoms with Crippen LogP contribution in [0.5, 0.6) is 6.01 Å². The molecule has 2 saturated heterocycles. The molecule has 2 aliphatic heterocycles. The molecule has 0 aromatic carbocycles. The first-order valence-electron chi connectivity index (χ1n) is 10.7. The van der Waals surface area contributed by atoms with Crippen LogP contribution in [-0.2, 0) is 0 Å². The van der Waals surface area contributed by atoms with E-state index in [2.05, 4.69) is 35.7 Å². The Balaban J connectivity index is 1.53. The molecule has 0 aliphatic carbocycles. The SMILES string of the molecule is COc1nc(N2CCCCCC2)nc(N2CCCN(c3ncccc3C#N)CC2)n1. The predicted molar refractivity (Wildman–Crippen MR) is 115 cm³/mol. The fraction of sp³-hybridized carbons (Fsp3) is 0.571. The molecule has 0 radical (unpaired) electrons. The number of nitriles is 1. The van der Waals surface area contributed by atoms with E-state index in [1.807, 2.05) is 6.07 Å². The number of rotatable bonds is 4. The fourth-order valence-corrected chi connectivity index (χ4v) is 4.05. The average Bonchev–Trinajstić information content (AvgIpc) is 3.22. The Morgan fingerprint density at radius 3 is 2.17 bits per heavy atom. The predicted octanol–water partition coefficient (Wildman–Crippen LogP) is 2.24. The van der Waals surface area contributed by atoms with Gasteiger partial charge in [-0.3, -0.25) is 0 Å². The summed E-state index contributed by atoms with van der Waals surface area (Å²) < 4.78 is 5.39.